The molecular formula is C21H25F3. The summed E-state index contributed by atoms with van der Waals surface area (Å²) in [6, 6.07) is 13.9. The van der Waals surface area contributed by atoms with Crippen molar-refractivity contribution in [3.63, 3.8) is 0 Å². The summed E-state index contributed by atoms with van der Waals surface area (Å²) in [5, 5.41) is 0. The molecule has 0 heterocycles. The van der Waals surface area contributed by atoms with Gasteiger partial charge in [0.05, 0.1) is 5.56 Å². The van der Waals surface area contributed by atoms with Gasteiger partial charge in [0.1, 0.15) is 0 Å². The van der Waals surface area contributed by atoms with Crippen molar-refractivity contribution in [3.05, 3.63) is 70.8 Å². The van der Waals surface area contributed by atoms with Crippen LogP contribution in [0.1, 0.15) is 54.9 Å². The van der Waals surface area contributed by atoms with E-state index in [-0.39, 0.29) is 0 Å². The van der Waals surface area contributed by atoms with Crippen LogP contribution in [0.2, 0.25) is 0 Å². The van der Waals surface area contributed by atoms with E-state index in [9.17, 15) is 13.2 Å². The van der Waals surface area contributed by atoms with Crippen molar-refractivity contribution in [1.29, 1.82) is 0 Å². The van der Waals surface area contributed by atoms with E-state index in [0.717, 1.165) is 24.8 Å². The van der Waals surface area contributed by atoms with Crippen molar-refractivity contribution in [2.45, 2.75) is 58.0 Å². The van der Waals surface area contributed by atoms with Crippen molar-refractivity contribution in [3.8, 4) is 0 Å². The number of aryl methyl sites for hydroxylation is 3. The second-order valence-electron chi connectivity index (χ2n) is 6.27. The minimum absolute atomic E-state index is 0.581. The molecule has 130 valence electrons. The summed E-state index contributed by atoms with van der Waals surface area (Å²) in [5.74, 6) is 0. The van der Waals surface area contributed by atoms with E-state index in [1.807, 2.05) is 6.07 Å². The molecule has 0 bridgehead atoms. The lowest BCUT2D eigenvalue weighted by Crippen LogP contribution is -2.04. The van der Waals surface area contributed by atoms with E-state index >= 15 is 0 Å². The topological polar surface area (TPSA) is 0 Å². The Morgan fingerprint density at radius 2 is 1.33 bits per heavy atom. The quantitative estimate of drug-likeness (QED) is 0.476. The van der Waals surface area contributed by atoms with Crippen LogP contribution in [0.25, 0.3) is 0 Å². The van der Waals surface area contributed by atoms with Crippen LogP contribution >= 0.6 is 0 Å². The van der Waals surface area contributed by atoms with Gasteiger partial charge in [0.15, 0.2) is 0 Å². The summed E-state index contributed by atoms with van der Waals surface area (Å²) >= 11 is 0. The second kappa shape index (κ2) is 8.91. The molecule has 2 aromatic rings. The van der Waals surface area contributed by atoms with E-state index in [0.29, 0.717) is 0 Å². The third-order valence-corrected chi connectivity index (χ3v) is 4.38. The highest BCUT2D eigenvalue weighted by atomic mass is 19.4. The zero-order valence-electron chi connectivity index (χ0n) is 14.2. The lowest BCUT2D eigenvalue weighted by atomic mass is 9.96. The Balaban J connectivity index is 1.94. The lowest BCUT2D eigenvalue weighted by molar-refractivity contribution is -0.137. The van der Waals surface area contributed by atoms with Crippen molar-refractivity contribution >= 4 is 0 Å². The van der Waals surface area contributed by atoms with Crippen LogP contribution < -0.4 is 0 Å². The Hall–Kier alpha value is -1.77. The molecule has 0 nitrogen and oxygen atoms in total. The van der Waals surface area contributed by atoms with Gasteiger partial charge in [0.25, 0.3) is 0 Å². The smallest absolute Gasteiger partial charge is 0.166 e. The van der Waals surface area contributed by atoms with Gasteiger partial charge in [-0.05, 0) is 54.5 Å². The Morgan fingerprint density at radius 1 is 0.708 bits per heavy atom. The van der Waals surface area contributed by atoms with Crippen molar-refractivity contribution < 1.29 is 13.2 Å². The summed E-state index contributed by atoms with van der Waals surface area (Å²) in [4.78, 5) is 0. The molecule has 0 aliphatic heterocycles. The van der Waals surface area contributed by atoms with Crippen LogP contribution in [0.3, 0.4) is 0 Å². The number of rotatable bonds is 8. The largest absolute Gasteiger partial charge is 0.416 e. The number of benzene rings is 2. The molecule has 0 fully saturated rings. The molecule has 24 heavy (non-hydrogen) atoms. The van der Waals surface area contributed by atoms with Crippen LogP contribution in [0.4, 0.5) is 13.2 Å². The lowest BCUT2D eigenvalue weighted by Gasteiger charge is -2.11. The molecule has 0 saturated carbocycles. The van der Waals surface area contributed by atoms with Crippen molar-refractivity contribution in [2.24, 2.45) is 0 Å². The van der Waals surface area contributed by atoms with Crippen molar-refractivity contribution in [2.75, 3.05) is 0 Å². The molecule has 0 atom stereocenters. The number of alkyl halides is 3. The Labute approximate surface area is 142 Å². The van der Waals surface area contributed by atoms with Gasteiger partial charge in [-0.15, -0.1) is 0 Å². The van der Waals surface area contributed by atoms with Crippen LogP contribution in [0, 0.1) is 0 Å². The fourth-order valence-electron chi connectivity index (χ4n) is 2.93. The molecule has 0 spiro atoms. The molecule has 2 aromatic carbocycles. The van der Waals surface area contributed by atoms with Crippen LogP contribution in [0.15, 0.2) is 48.5 Å². The SMILES string of the molecule is CCCCCCc1ccccc1CCc1ccc(C(F)(F)F)cc1. The summed E-state index contributed by atoms with van der Waals surface area (Å²) < 4.78 is 37.8. The highest BCUT2D eigenvalue weighted by Gasteiger charge is 2.29. The molecule has 0 radical (unpaired) electrons. The fourth-order valence-corrected chi connectivity index (χ4v) is 2.93. The normalized spacial score (nSPS) is 11.7. The summed E-state index contributed by atoms with van der Waals surface area (Å²) in [6.07, 6.45) is 3.42. The van der Waals surface area contributed by atoms with Crippen LogP contribution in [0.5, 0.6) is 0 Å². The zero-order valence-corrected chi connectivity index (χ0v) is 14.2. The molecule has 0 saturated heterocycles. The van der Waals surface area contributed by atoms with Gasteiger partial charge in [-0.1, -0.05) is 62.6 Å². The van der Waals surface area contributed by atoms with E-state index in [2.05, 4.69) is 25.1 Å². The maximum absolute atomic E-state index is 12.6. The third-order valence-electron chi connectivity index (χ3n) is 4.38. The number of hydrogen-bond acceptors (Lipinski definition) is 0. The van der Waals surface area contributed by atoms with E-state index < -0.39 is 11.7 Å². The summed E-state index contributed by atoms with van der Waals surface area (Å²) in [7, 11) is 0. The van der Waals surface area contributed by atoms with Crippen molar-refractivity contribution in [1.82, 2.24) is 0 Å². The molecule has 0 aliphatic rings. The Morgan fingerprint density at radius 3 is 1.92 bits per heavy atom. The van der Waals surface area contributed by atoms with Gasteiger partial charge in [0, 0.05) is 0 Å². The number of hydrogen-bond donors (Lipinski definition) is 0. The average molecular weight is 334 g/mol. The van der Waals surface area contributed by atoms with Gasteiger partial charge in [-0.25, -0.2) is 0 Å². The molecule has 2 rings (SSSR count). The standard InChI is InChI=1S/C21H25F3/c1-2-3-4-5-8-18-9-6-7-10-19(18)14-11-17-12-15-20(16-13-17)21(22,23)24/h6-7,9-10,12-13,15-16H,2-5,8,11,14H2,1H3. The monoisotopic (exact) mass is 334 g/mol. The number of unbranched alkanes of at least 4 members (excludes halogenated alkanes) is 3. The molecule has 0 amide bonds. The van der Waals surface area contributed by atoms with E-state index in [1.54, 1.807) is 12.1 Å². The summed E-state index contributed by atoms with van der Waals surface area (Å²) in [5.41, 5.74) is 3.06. The summed E-state index contributed by atoms with van der Waals surface area (Å²) in [6.45, 7) is 2.21. The molecule has 0 N–H and O–H groups in total. The van der Waals surface area contributed by atoms with Crippen LogP contribution in [-0.2, 0) is 25.4 Å². The first-order chi connectivity index (χ1) is 11.5. The maximum atomic E-state index is 12.6. The van der Waals surface area contributed by atoms with Gasteiger partial charge < -0.3 is 0 Å². The van der Waals surface area contributed by atoms with E-state index in [1.165, 1.54) is 48.9 Å². The Kier molecular flexibility index (Phi) is 6.89. The fraction of sp³-hybridized carbons (Fsp3) is 0.429. The van der Waals surface area contributed by atoms with Gasteiger partial charge in [-0.2, -0.15) is 13.2 Å². The predicted octanol–water partition coefficient (Wildman–Crippen LogP) is 6.61. The molecular weight excluding hydrogens is 309 g/mol. The zero-order chi connectivity index (χ0) is 17.4. The molecule has 0 aliphatic carbocycles. The Bertz CT molecular complexity index is 612. The first-order valence-electron chi connectivity index (χ1n) is 8.73. The maximum Gasteiger partial charge on any atom is 0.416 e. The van der Waals surface area contributed by atoms with E-state index in [4.69, 9.17) is 0 Å². The van der Waals surface area contributed by atoms with Crippen LogP contribution in [-0.4, -0.2) is 0 Å². The minimum Gasteiger partial charge on any atom is -0.166 e. The average Bonchev–Trinajstić information content (AvgIpc) is 2.57. The van der Waals surface area contributed by atoms with Gasteiger partial charge >= 0.3 is 6.18 Å². The third kappa shape index (κ3) is 5.70. The van der Waals surface area contributed by atoms with Gasteiger partial charge in [0.2, 0.25) is 0 Å². The first-order valence-corrected chi connectivity index (χ1v) is 8.73. The second-order valence-corrected chi connectivity index (χ2v) is 6.27. The highest BCUT2D eigenvalue weighted by Crippen LogP contribution is 2.29. The predicted molar refractivity (Wildman–Crippen MR) is 93.1 cm³/mol. The molecule has 0 aromatic heterocycles. The first kappa shape index (κ1) is 18.6. The highest BCUT2D eigenvalue weighted by molar-refractivity contribution is 5.30. The van der Waals surface area contributed by atoms with Gasteiger partial charge in [-0.3, -0.25) is 0 Å². The molecule has 0 unspecified atom stereocenters. The molecule has 3 heteroatoms. The minimum atomic E-state index is -4.26. The number of halogens is 3.